The van der Waals surface area contributed by atoms with Crippen LogP contribution in [0, 0.1) is 23.3 Å². The van der Waals surface area contributed by atoms with E-state index in [4.69, 9.17) is 20.9 Å². The minimum absolute atomic E-state index is 0.0871. The number of rotatable bonds is 10. The Morgan fingerprint density at radius 2 is 1.39 bits per heavy atom. The van der Waals surface area contributed by atoms with Gasteiger partial charge in [-0.25, -0.2) is 32.2 Å². The lowest BCUT2D eigenvalue weighted by Crippen LogP contribution is -2.40. The second kappa shape index (κ2) is 18.6. The van der Waals surface area contributed by atoms with Crippen molar-refractivity contribution in [2.45, 2.75) is 32.0 Å². The number of benzene rings is 4. The van der Waals surface area contributed by atoms with Gasteiger partial charge in [0.1, 0.15) is 17.8 Å². The number of hydrogen-bond acceptors (Lipinski definition) is 9. The second-order valence-electron chi connectivity index (χ2n) is 13.4. The number of hydrogen-bond donors (Lipinski definition) is 5. The van der Waals surface area contributed by atoms with Gasteiger partial charge in [-0.1, -0.05) is 67.2 Å². The molecule has 59 heavy (non-hydrogen) atoms. The minimum Gasteiger partial charge on any atom is -0.423 e. The first-order chi connectivity index (χ1) is 28.4. The number of nitrogen functional groups attached to an aromatic ring is 1. The maximum atomic E-state index is 13.9. The molecule has 0 unspecified atom stereocenters. The molecule has 3 amide bonds. The maximum Gasteiger partial charge on any atom is 0.488 e. The zero-order chi connectivity index (χ0) is 42.2. The van der Waals surface area contributed by atoms with E-state index in [1.165, 1.54) is 48.8 Å². The van der Waals surface area contributed by atoms with Gasteiger partial charge >= 0.3 is 7.12 Å². The van der Waals surface area contributed by atoms with Gasteiger partial charge < -0.3 is 31.3 Å². The first kappa shape index (κ1) is 41.7. The number of piperidine rings is 1. The van der Waals surface area contributed by atoms with Gasteiger partial charge in [0.05, 0.1) is 22.6 Å². The van der Waals surface area contributed by atoms with Crippen molar-refractivity contribution in [1.29, 1.82) is 0 Å². The number of likely N-dealkylation sites (tertiary alicyclic amines) is 1. The highest BCUT2D eigenvalue weighted by molar-refractivity contribution is 6.58. The standard InChI is InChI=1S/C27H25F2N7O2.C14H12BF2NO3/c1-2-21(37)35-12-4-5-18(14-35)36-26-22(25(30)32-15-33-26)24(34-36)17-10-8-16(9-11-17)13-31-27(38)19-6-3-7-20(28)23(19)29;16-12-3-1-2-11(13(12)17)14(19)18-8-9-4-6-10(7-5-9)15(20)21/h2-3,6-11,15,18H,1,4-5,12-14H2,(H,31,38)(H2,30,32,33);1-7,20-21H,8H2,(H,18,19)/t18-;/m1./s1. The van der Waals surface area contributed by atoms with Crippen LogP contribution in [0.5, 0.6) is 0 Å². The molecule has 2 aromatic heterocycles. The fourth-order valence-electron chi connectivity index (χ4n) is 6.44. The lowest BCUT2D eigenvalue weighted by Gasteiger charge is -2.32. The van der Waals surface area contributed by atoms with E-state index in [0.717, 1.165) is 36.1 Å². The maximum absolute atomic E-state index is 13.9. The largest absolute Gasteiger partial charge is 0.488 e. The van der Waals surface area contributed by atoms with Gasteiger partial charge in [0.25, 0.3) is 11.8 Å². The SMILES string of the molecule is C=CC(=O)N1CCC[C@@H](n2nc(-c3ccc(CNC(=O)c4cccc(F)c4F)cc3)c3c(N)ncnc32)C1.O=C(NCc1ccc(B(O)O)cc1)c1cccc(F)c1F. The van der Waals surface area contributed by atoms with Crippen molar-refractivity contribution < 1.29 is 42.0 Å². The van der Waals surface area contributed by atoms with Crippen LogP contribution in [0.4, 0.5) is 23.4 Å². The third-order valence-electron chi connectivity index (χ3n) is 9.55. The molecule has 1 fully saturated rings. The molecule has 0 spiro atoms. The van der Waals surface area contributed by atoms with E-state index in [2.05, 4.69) is 27.2 Å². The van der Waals surface area contributed by atoms with Crippen molar-refractivity contribution in [3.63, 3.8) is 0 Å². The van der Waals surface area contributed by atoms with E-state index in [0.29, 0.717) is 46.7 Å². The third-order valence-corrected chi connectivity index (χ3v) is 9.55. The Kier molecular flexibility index (Phi) is 13.1. The van der Waals surface area contributed by atoms with Crippen LogP contribution in [-0.2, 0) is 17.9 Å². The molecular weight excluding hydrogens is 771 g/mol. The minimum atomic E-state index is -1.56. The number of carbonyl (C=O) groups excluding carboxylic acids is 3. The summed E-state index contributed by atoms with van der Waals surface area (Å²) in [7, 11) is -1.56. The molecule has 0 radical (unpaired) electrons. The predicted octanol–water partition coefficient (Wildman–Crippen LogP) is 4.21. The molecule has 18 heteroatoms. The van der Waals surface area contributed by atoms with Crippen molar-refractivity contribution in [2.24, 2.45) is 0 Å². The fraction of sp³-hybridized carbons (Fsp3) is 0.171. The molecule has 1 atom stereocenters. The van der Waals surface area contributed by atoms with Gasteiger partial charge in [-0.05, 0) is 59.8 Å². The molecule has 1 saturated heterocycles. The summed E-state index contributed by atoms with van der Waals surface area (Å²) in [6, 6.07) is 20.2. The van der Waals surface area contributed by atoms with Gasteiger partial charge in [-0.3, -0.25) is 14.4 Å². The second-order valence-corrected chi connectivity index (χ2v) is 13.4. The van der Waals surface area contributed by atoms with Crippen molar-refractivity contribution in [3.05, 3.63) is 149 Å². The van der Waals surface area contributed by atoms with Crippen LogP contribution >= 0.6 is 0 Å². The Balaban J connectivity index is 0.000000236. The van der Waals surface area contributed by atoms with E-state index >= 15 is 0 Å². The first-order valence-electron chi connectivity index (χ1n) is 18.2. The van der Waals surface area contributed by atoms with E-state index in [1.807, 2.05) is 16.8 Å². The molecule has 302 valence electrons. The van der Waals surface area contributed by atoms with Crippen LogP contribution in [-0.4, -0.2) is 72.6 Å². The molecular formula is C41H37BF4N8O5. The number of amides is 3. The summed E-state index contributed by atoms with van der Waals surface area (Å²) in [5, 5.41) is 28.4. The van der Waals surface area contributed by atoms with Crippen molar-refractivity contribution in [3.8, 4) is 11.3 Å². The fourth-order valence-corrected chi connectivity index (χ4v) is 6.44. The average molecular weight is 809 g/mol. The Morgan fingerprint density at radius 3 is 1.93 bits per heavy atom. The van der Waals surface area contributed by atoms with E-state index in [9.17, 15) is 31.9 Å². The van der Waals surface area contributed by atoms with E-state index in [-0.39, 0.29) is 36.2 Å². The highest BCUT2D eigenvalue weighted by Crippen LogP contribution is 2.34. The smallest absolute Gasteiger partial charge is 0.423 e. The number of fused-ring (bicyclic) bond motifs is 1. The lowest BCUT2D eigenvalue weighted by molar-refractivity contribution is -0.127. The lowest BCUT2D eigenvalue weighted by atomic mass is 9.80. The molecule has 13 nitrogen and oxygen atoms in total. The molecule has 0 aliphatic carbocycles. The summed E-state index contributed by atoms with van der Waals surface area (Å²) in [5.41, 5.74) is 9.21. The van der Waals surface area contributed by atoms with Gasteiger partial charge in [0, 0.05) is 31.7 Å². The molecule has 6 N–H and O–H groups in total. The van der Waals surface area contributed by atoms with Gasteiger partial charge in [-0.2, -0.15) is 5.10 Å². The normalized spacial score (nSPS) is 13.6. The van der Waals surface area contributed by atoms with Crippen molar-refractivity contribution in [1.82, 2.24) is 35.3 Å². The third kappa shape index (κ3) is 9.62. The molecule has 7 rings (SSSR count). The van der Waals surface area contributed by atoms with Crippen molar-refractivity contribution in [2.75, 3.05) is 18.8 Å². The Labute approximate surface area is 335 Å². The number of aromatic nitrogens is 4. The summed E-state index contributed by atoms with van der Waals surface area (Å²) in [6.45, 7) is 4.95. The van der Waals surface area contributed by atoms with Crippen LogP contribution in [0.3, 0.4) is 0 Å². The average Bonchev–Trinajstić information content (AvgIpc) is 3.65. The Bertz CT molecular complexity index is 2500. The number of halogens is 4. The first-order valence-corrected chi connectivity index (χ1v) is 18.2. The zero-order valence-corrected chi connectivity index (χ0v) is 31.3. The summed E-state index contributed by atoms with van der Waals surface area (Å²) in [6.07, 6.45) is 4.35. The zero-order valence-electron chi connectivity index (χ0n) is 31.3. The summed E-state index contributed by atoms with van der Waals surface area (Å²) in [4.78, 5) is 46.6. The van der Waals surface area contributed by atoms with E-state index in [1.54, 1.807) is 29.2 Å². The van der Waals surface area contributed by atoms with Crippen LogP contribution in [0.15, 0.2) is 104 Å². The topological polar surface area (TPSA) is 189 Å². The Morgan fingerprint density at radius 1 is 0.831 bits per heavy atom. The molecule has 3 heterocycles. The number of nitrogens with one attached hydrogen (secondary N) is 2. The summed E-state index contributed by atoms with van der Waals surface area (Å²) < 4.78 is 55.6. The highest BCUT2D eigenvalue weighted by atomic mass is 19.2. The molecule has 0 bridgehead atoms. The van der Waals surface area contributed by atoms with Crippen LogP contribution in [0.1, 0.15) is 50.7 Å². The summed E-state index contributed by atoms with van der Waals surface area (Å²) in [5.74, 6) is -5.79. The monoisotopic (exact) mass is 808 g/mol. The molecule has 1 aliphatic heterocycles. The Hall–Kier alpha value is -6.92. The molecule has 1 aliphatic rings. The number of anilines is 1. The number of carbonyl (C=O) groups is 3. The van der Waals surface area contributed by atoms with Gasteiger partial charge in [-0.15, -0.1) is 0 Å². The molecule has 0 saturated carbocycles. The summed E-state index contributed by atoms with van der Waals surface area (Å²) >= 11 is 0. The van der Waals surface area contributed by atoms with Crippen molar-refractivity contribution >= 4 is 47.2 Å². The van der Waals surface area contributed by atoms with Crippen LogP contribution in [0.2, 0.25) is 0 Å². The number of nitrogens with two attached hydrogens (primary N) is 1. The quantitative estimate of drug-likeness (QED) is 0.0768. The highest BCUT2D eigenvalue weighted by Gasteiger charge is 2.28. The molecule has 4 aromatic carbocycles. The molecule has 6 aromatic rings. The van der Waals surface area contributed by atoms with Crippen LogP contribution < -0.4 is 21.8 Å². The van der Waals surface area contributed by atoms with Crippen LogP contribution in [0.25, 0.3) is 22.3 Å². The van der Waals surface area contributed by atoms with Gasteiger partial charge in [0.15, 0.2) is 28.9 Å². The predicted molar refractivity (Wildman–Crippen MR) is 212 cm³/mol. The van der Waals surface area contributed by atoms with E-state index < -0.39 is 42.2 Å². The number of nitrogens with zero attached hydrogens (tertiary/aromatic N) is 5. The van der Waals surface area contributed by atoms with Gasteiger partial charge in [0.2, 0.25) is 5.91 Å².